The lowest BCUT2D eigenvalue weighted by Gasteiger charge is -2.07. The molecule has 1 N–H and O–H groups in total. The molecule has 1 aliphatic rings. The summed E-state index contributed by atoms with van der Waals surface area (Å²) in [6.07, 6.45) is 3.74. The van der Waals surface area contributed by atoms with Gasteiger partial charge in [-0.2, -0.15) is 0 Å². The van der Waals surface area contributed by atoms with Crippen LogP contribution in [-0.2, 0) is 4.79 Å². The normalized spacial score (nSPS) is 17.7. The summed E-state index contributed by atoms with van der Waals surface area (Å²) in [6.45, 7) is 0. The van der Waals surface area contributed by atoms with Gasteiger partial charge in [0.15, 0.2) is 0 Å². The van der Waals surface area contributed by atoms with E-state index in [9.17, 15) is 4.79 Å². The summed E-state index contributed by atoms with van der Waals surface area (Å²) in [7, 11) is 0. The third-order valence-corrected chi connectivity index (χ3v) is 2.64. The van der Waals surface area contributed by atoms with Crippen molar-refractivity contribution >= 4 is 17.9 Å². The van der Waals surface area contributed by atoms with Crippen LogP contribution in [0.2, 0.25) is 0 Å². The van der Waals surface area contributed by atoms with Crippen molar-refractivity contribution in [1.29, 1.82) is 0 Å². The maximum absolute atomic E-state index is 10.4. The summed E-state index contributed by atoms with van der Waals surface area (Å²) >= 11 is 0. The molecule has 1 aromatic carbocycles. The van der Waals surface area contributed by atoms with Gasteiger partial charge in [0.2, 0.25) is 0 Å². The van der Waals surface area contributed by atoms with Crippen LogP contribution in [0.3, 0.4) is 0 Å². The quantitative estimate of drug-likeness (QED) is 0.817. The van der Waals surface area contributed by atoms with Gasteiger partial charge in [0, 0.05) is 18.6 Å². The fraction of sp³-hybridized carbons (Fsp3) is 0.333. The van der Waals surface area contributed by atoms with Crippen molar-refractivity contribution in [3.63, 3.8) is 0 Å². The third-order valence-electron chi connectivity index (χ3n) is 2.64. The number of hydrogen-bond acceptors (Lipinski definition) is 2. The lowest BCUT2D eigenvalue weighted by Crippen LogP contribution is -1.99. The van der Waals surface area contributed by atoms with E-state index in [1.807, 2.05) is 24.4 Å². The van der Waals surface area contributed by atoms with Crippen LogP contribution in [0.25, 0.3) is 0 Å². The van der Waals surface area contributed by atoms with Gasteiger partial charge in [-0.05, 0) is 24.5 Å². The zero-order valence-corrected chi connectivity index (χ0v) is 8.39. The molecule has 3 heteroatoms. The molecule has 78 valence electrons. The molecule has 1 unspecified atom stereocenters. The van der Waals surface area contributed by atoms with E-state index in [1.54, 1.807) is 0 Å². The first-order chi connectivity index (χ1) is 7.27. The number of aliphatic imine (C=N–C) groups is 1. The average Bonchev–Trinajstić information content (AvgIpc) is 2.62. The summed E-state index contributed by atoms with van der Waals surface area (Å²) < 4.78 is 0. The first-order valence-corrected chi connectivity index (χ1v) is 5.12. The molecular formula is C12H13NO2. The molecule has 0 fully saturated rings. The maximum Gasteiger partial charge on any atom is 0.303 e. The average molecular weight is 203 g/mol. The summed E-state index contributed by atoms with van der Waals surface area (Å²) in [5, 5.41) is 8.55. The Morgan fingerprint density at radius 3 is 3.00 bits per heavy atom. The topological polar surface area (TPSA) is 49.7 Å². The van der Waals surface area contributed by atoms with Crippen LogP contribution in [-0.4, -0.2) is 17.3 Å². The number of hydrogen-bond donors (Lipinski definition) is 1. The third kappa shape index (κ3) is 2.24. The number of carbonyl (C=O) groups is 1. The van der Waals surface area contributed by atoms with E-state index >= 15 is 0 Å². The minimum Gasteiger partial charge on any atom is -0.481 e. The zero-order valence-electron chi connectivity index (χ0n) is 8.39. The van der Waals surface area contributed by atoms with Crippen LogP contribution in [0.15, 0.2) is 29.3 Å². The lowest BCUT2D eigenvalue weighted by atomic mass is 9.95. The SMILES string of the molecule is O=C(O)CCCC1C=Nc2ccccc21. The molecule has 0 radical (unpaired) electrons. The molecule has 2 rings (SSSR count). The molecule has 0 aromatic heterocycles. The second-order valence-electron chi connectivity index (χ2n) is 3.73. The highest BCUT2D eigenvalue weighted by molar-refractivity contribution is 5.80. The molecule has 0 bridgehead atoms. The van der Waals surface area contributed by atoms with Crippen molar-refractivity contribution in [2.24, 2.45) is 4.99 Å². The monoisotopic (exact) mass is 203 g/mol. The van der Waals surface area contributed by atoms with E-state index in [0.717, 1.165) is 12.1 Å². The van der Waals surface area contributed by atoms with Gasteiger partial charge in [-0.3, -0.25) is 9.79 Å². The van der Waals surface area contributed by atoms with Crippen LogP contribution in [0.4, 0.5) is 5.69 Å². The van der Waals surface area contributed by atoms with Crippen LogP contribution in [0.5, 0.6) is 0 Å². The van der Waals surface area contributed by atoms with Gasteiger partial charge in [0.05, 0.1) is 5.69 Å². The van der Waals surface area contributed by atoms with E-state index < -0.39 is 5.97 Å². The van der Waals surface area contributed by atoms with Crippen LogP contribution in [0.1, 0.15) is 30.7 Å². The first kappa shape index (κ1) is 9.90. The minimum absolute atomic E-state index is 0.243. The number of nitrogens with zero attached hydrogens (tertiary/aromatic N) is 1. The van der Waals surface area contributed by atoms with Crippen molar-refractivity contribution in [3.05, 3.63) is 29.8 Å². The van der Waals surface area contributed by atoms with Gasteiger partial charge < -0.3 is 5.11 Å². The van der Waals surface area contributed by atoms with Crippen molar-refractivity contribution in [1.82, 2.24) is 0 Å². The molecule has 3 nitrogen and oxygen atoms in total. The lowest BCUT2D eigenvalue weighted by molar-refractivity contribution is -0.137. The Balaban J connectivity index is 1.96. The van der Waals surface area contributed by atoms with Gasteiger partial charge in [0.25, 0.3) is 0 Å². The predicted molar refractivity (Wildman–Crippen MR) is 58.8 cm³/mol. The Labute approximate surface area is 88.5 Å². The Bertz CT molecular complexity index is 398. The maximum atomic E-state index is 10.4. The van der Waals surface area contributed by atoms with Gasteiger partial charge in [0.1, 0.15) is 0 Å². The summed E-state index contributed by atoms with van der Waals surface area (Å²) in [5.41, 5.74) is 2.25. The number of benzene rings is 1. The van der Waals surface area contributed by atoms with E-state index in [2.05, 4.69) is 11.1 Å². The van der Waals surface area contributed by atoms with Crippen molar-refractivity contribution in [3.8, 4) is 0 Å². The number of aliphatic carboxylic acids is 1. The summed E-state index contributed by atoms with van der Waals surface area (Å²) in [4.78, 5) is 14.7. The van der Waals surface area contributed by atoms with Crippen LogP contribution < -0.4 is 0 Å². The number of rotatable bonds is 4. The standard InChI is InChI=1S/C12H13NO2/c14-12(15)7-3-4-9-8-13-11-6-2-1-5-10(9)11/h1-2,5-6,8-9H,3-4,7H2,(H,14,15). The second kappa shape index (κ2) is 4.26. The molecule has 1 atom stereocenters. The highest BCUT2D eigenvalue weighted by Crippen LogP contribution is 2.34. The van der Waals surface area contributed by atoms with E-state index in [-0.39, 0.29) is 6.42 Å². The number of fused-ring (bicyclic) bond motifs is 1. The molecule has 0 saturated heterocycles. The van der Waals surface area contributed by atoms with Crippen LogP contribution >= 0.6 is 0 Å². The second-order valence-corrected chi connectivity index (χ2v) is 3.73. The van der Waals surface area contributed by atoms with Crippen LogP contribution in [0, 0.1) is 0 Å². The van der Waals surface area contributed by atoms with Crippen molar-refractivity contribution in [2.45, 2.75) is 25.2 Å². The number of para-hydroxylation sites is 1. The molecule has 0 saturated carbocycles. The Hall–Kier alpha value is -1.64. The van der Waals surface area contributed by atoms with Gasteiger partial charge >= 0.3 is 5.97 Å². The molecular weight excluding hydrogens is 190 g/mol. The zero-order chi connectivity index (χ0) is 10.7. The van der Waals surface area contributed by atoms with Gasteiger partial charge in [-0.1, -0.05) is 18.2 Å². The molecule has 0 amide bonds. The fourth-order valence-electron chi connectivity index (χ4n) is 1.87. The molecule has 1 aliphatic heterocycles. The summed E-state index contributed by atoms with van der Waals surface area (Å²) in [5.74, 6) is -0.418. The largest absolute Gasteiger partial charge is 0.481 e. The van der Waals surface area contributed by atoms with Crippen molar-refractivity contribution < 1.29 is 9.90 Å². The van der Waals surface area contributed by atoms with E-state index in [4.69, 9.17) is 5.11 Å². The molecule has 1 heterocycles. The molecule has 1 aromatic rings. The molecule has 0 spiro atoms. The highest BCUT2D eigenvalue weighted by atomic mass is 16.4. The smallest absolute Gasteiger partial charge is 0.303 e. The fourth-order valence-corrected chi connectivity index (χ4v) is 1.87. The minimum atomic E-state index is -0.724. The van der Waals surface area contributed by atoms with Crippen molar-refractivity contribution in [2.75, 3.05) is 0 Å². The van der Waals surface area contributed by atoms with Gasteiger partial charge in [-0.15, -0.1) is 0 Å². The van der Waals surface area contributed by atoms with Gasteiger partial charge in [-0.25, -0.2) is 0 Å². The Morgan fingerprint density at radius 2 is 2.20 bits per heavy atom. The molecule has 15 heavy (non-hydrogen) atoms. The van der Waals surface area contributed by atoms with E-state index in [0.29, 0.717) is 12.3 Å². The Morgan fingerprint density at radius 1 is 1.40 bits per heavy atom. The first-order valence-electron chi connectivity index (χ1n) is 5.12. The Kier molecular flexibility index (Phi) is 2.81. The predicted octanol–water partition coefficient (Wildman–Crippen LogP) is 2.74. The number of carboxylic acids is 1. The summed E-state index contributed by atoms with van der Waals surface area (Å²) in [6, 6.07) is 8.02. The number of carboxylic acid groups (broad SMARTS) is 1. The highest BCUT2D eigenvalue weighted by Gasteiger charge is 2.17. The van der Waals surface area contributed by atoms with E-state index in [1.165, 1.54) is 5.56 Å². The molecule has 0 aliphatic carbocycles.